The van der Waals surface area contributed by atoms with Gasteiger partial charge in [0.2, 0.25) is 0 Å². The minimum Gasteiger partial charge on any atom is -0.465 e. The molecular formula is C17H14BrFN2O3. The van der Waals surface area contributed by atoms with E-state index in [0.717, 1.165) is 4.47 Å². The quantitative estimate of drug-likeness (QED) is 0.640. The summed E-state index contributed by atoms with van der Waals surface area (Å²) in [5.74, 6) is -1.08. The van der Waals surface area contributed by atoms with Crippen molar-refractivity contribution in [2.45, 2.75) is 13.5 Å². The predicted octanol–water partition coefficient (Wildman–Crippen LogP) is 3.26. The number of esters is 1. The SMILES string of the molecule is CCOC(=O)Cn1c(=O)n(-c2ccc(Br)cc2)c2c(F)cccc21. The second kappa shape index (κ2) is 6.60. The van der Waals surface area contributed by atoms with E-state index < -0.39 is 17.5 Å². The third-order valence-corrected chi connectivity index (χ3v) is 4.11. The number of hydrogen-bond acceptors (Lipinski definition) is 3. The molecule has 2 aromatic carbocycles. The molecule has 3 rings (SSSR count). The molecule has 124 valence electrons. The Hall–Kier alpha value is -2.41. The lowest BCUT2D eigenvalue weighted by Gasteiger charge is -2.04. The zero-order chi connectivity index (χ0) is 17.3. The summed E-state index contributed by atoms with van der Waals surface area (Å²) in [6, 6.07) is 11.3. The van der Waals surface area contributed by atoms with Crippen molar-refractivity contribution in [3.63, 3.8) is 0 Å². The topological polar surface area (TPSA) is 53.2 Å². The monoisotopic (exact) mass is 392 g/mol. The van der Waals surface area contributed by atoms with Gasteiger partial charge in [0.1, 0.15) is 17.9 Å². The molecule has 1 heterocycles. The largest absolute Gasteiger partial charge is 0.465 e. The fourth-order valence-electron chi connectivity index (χ4n) is 2.58. The molecule has 5 nitrogen and oxygen atoms in total. The highest BCUT2D eigenvalue weighted by Crippen LogP contribution is 2.22. The first-order valence-corrected chi connectivity index (χ1v) is 8.13. The summed E-state index contributed by atoms with van der Waals surface area (Å²) < 4.78 is 22.6. The fourth-order valence-corrected chi connectivity index (χ4v) is 2.85. The van der Waals surface area contributed by atoms with Gasteiger partial charge in [-0.05, 0) is 43.3 Å². The van der Waals surface area contributed by atoms with Crippen LogP contribution in [0.25, 0.3) is 16.7 Å². The molecule has 0 spiro atoms. The zero-order valence-electron chi connectivity index (χ0n) is 12.8. The summed E-state index contributed by atoms with van der Waals surface area (Å²) in [5.41, 5.74) is 0.497. The van der Waals surface area contributed by atoms with Crippen molar-refractivity contribution < 1.29 is 13.9 Å². The maximum Gasteiger partial charge on any atom is 0.334 e. The molecule has 7 heteroatoms. The van der Waals surface area contributed by atoms with E-state index >= 15 is 0 Å². The van der Waals surface area contributed by atoms with Crippen molar-refractivity contribution in [2.75, 3.05) is 6.61 Å². The average molecular weight is 393 g/mol. The first-order valence-electron chi connectivity index (χ1n) is 7.34. The molecule has 0 radical (unpaired) electrons. The molecule has 3 aromatic rings. The average Bonchev–Trinajstić information content (AvgIpc) is 2.83. The number of carbonyl (C=O) groups excluding carboxylic acids is 1. The number of rotatable bonds is 4. The van der Waals surface area contributed by atoms with Crippen LogP contribution in [0.4, 0.5) is 4.39 Å². The van der Waals surface area contributed by atoms with Crippen LogP contribution in [-0.2, 0) is 16.1 Å². The normalized spacial score (nSPS) is 11.0. The highest BCUT2D eigenvalue weighted by molar-refractivity contribution is 9.10. The van der Waals surface area contributed by atoms with Gasteiger partial charge in [-0.1, -0.05) is 22.0 Å². The number of imidazole rings is 1. The van der Waals surface area contributed by atoms with E-state index in [2.05, 4.69) is 15.9 Å². The molecular weight excluding hydrogens is 379 g/mol. The highest BCUT2D eigenvalue weighted by Gasteiger charge is 2.19. The molecule has 0 saturated heterocycles. The van der Waals surface area contributed by atoms with E-state index in [1.807, 2.05) is 0 Å². The highest BCUT2D eigenvalue weighted by atomic mass is 79.9. The molecule has 0 aliphatic heterocycles. The summed E-state index contributed by atoms with van der Waals surface area (Å²) in [6.07, 6.45) is 0. The second-order valence-corrected chi connectivity index (χ2v) is 6.01. The van der Waals surface area contributed by atoms with Gasteiger partial charge in [-0.2, -0.15) is 0 Å². The summed E-state index contributed by atoms with van der Waals surface area (Å²) in [4.78, 5) is 24.6. The van der Waals surface area contributed by atoms with Gasteiger partial charge in [0.15, 0.2) is 0 Å². The number of aromatic nitrogens is 2. The molecule has 1 aromatic heterocycles. The Labute approximate surface area is 145 Å². The zero-order valence-corrected chi connectivity index (χ0v) is 14.4. The maximum atomic E-state index is 14.4. The Morgan fingerprint density at radius 2 is 1.92 bits per heavy atom. The van der Waals surface area contributed by atoms with E-state index in [1.165, 1.54) is 21.3 Å². The lowest BCUT2D eigenvalue weighted by Crippen LogP contribution is -2.27. The first-order chi connectivity index (χ1) is 11.5. The van der Waals surface area contributed by atoms with Crippen molar-refractivity contribution in [1.29, 1.82) is 0 Å². The van der Waals surface area contributed by atoms with Crippen LogP contribution in [-0.4, -0.2) is 21.7 Å². The number of benzene rings is 2. The van der Waals surface area contributed by atoms with Crippen molar-refractivity contribution in [3.05, 3.63) is 63.2 Å². The van der Waals surface area contributed by atoms with Crippen molar-refractivity contribution in [1.82, 2.24) is 9.13 Å². The van der Waals surface area contributed by atoms with E-state index in [1.54, 1.807) is 37.3 Å². The Bertz CT molecular complexity index is 960. The molecule has 0 saturated carbocycles. The minimum atomic E-state index is -0.543. The first kappa shape index (κ1) is 16.4. The standard InChI is InChI=1S/C17H14BrFN2O3/c1-2-24-15(22)10-20-14-5-3-4-13(19)16(14)21(17(20)23)12-8-6-11(18)7-9-12/h3-9H,2,10H2,1H3. The minimum absolute atomic E-state index is 0.133. The summed E-state index contributed by atoms with van der Waals surface area (Å²) in [5, 5.41) is 0. The van der Waals surface area contributed by atoms with Crippen LogP contribution >= 0.6 is 15.9 Å². The molecule has 24 heavy (non-hydrogen) atoms. The van der Waals surface area contributed by atoms with Crippen LogP contribution in [0.2, 0.25) is 0 Å². The number of para-hydroxylation sites is 1. The van der Waals surface area contributed by atoms with E-state index in [-0.39, 0.29) is 18.7 Å². The number of nitrogens with zero attached hydrogens (tertiary/aromatic N) is 2. The molecule has 0 atom stereocenters. The van der Waals surface area contributed by atoms with Gasteiger partial charge in [0, 0.05) is 4.47 Å². The Morgan fingerprint density at radius 3 is 2.58 bits per heavy atom. The fraction of sp³-hybridized carbons (Fsp3) is 0.176. The summed E-state index contributed by atoms with van der Waals surface area (Å²) in [7, 11) is 0. The second-order valence-electron chi connectivity index (χ2n) is 5.09. The number of fused-ring (bicyclic) bond motifs is 1. The molecule has 0 aliphatic rings. The van der Waals surface area contributed by atoms with Gasteiger partial charge in [-0.25, -0.2) is 9.18 Å². The third-order valence-electron chi connectivity index (χ3n) is 3.58. The van der Waals surface area contributed by atoms with Crippen molar-refractivity contribution >= 4 is 32.9 Å². The van der Waals surface area contributed by atoms with Crippen LogP contribution in [0.15, 0.2) is 51.7 Å². The number of carbonyl (C=O) groups is 1. The van der Waals surface area contributed by atoms with Gasteiger partial charge in [-0.3, -0.25) is 13.9 Å². The number of hydrogen-bond donors (Lipinski definition) is 0. The summed E-state index contributed by atoms with van der Waals surface area (Å²) >= 11 is 3.33. The Balaban J connectivity index is 2.26. The van der Waals surface area contributed by atoms with E-state index in [4.69, 9.17) is 4.74 Å². The number of halogens is 2. The van der Waals surface area contributed by atoms with Gasteiger partial charge in [0.05, 0.1) is 17.8 Å². The third kappa shape index (κ3) is 2.87. The predicted molar refractivity (Wildman–Crippen MR) is 91.8 cm³/mol. The van der Waals surface area contributed by atoms with Crippen LogP contribution in [0.3, 0.4) is 0 Å². The summed E-state index contributed by atoms with van der Waals surface area (Å²) in [6.45, 7) is 1.63. The van der Waals surface area contributed by atoms with Crippen LogP contribution in [0, 0.1) is 5.82 Å². The Morgan fingerprint density at radius 1 is 1.21 bits per heavy atom. The lowest BCUT2D eigenvalue weighted by molar-refractivity contribution is -0.143. The maximum absolute atomic E-state index is 14.4. The van der Waals surface area contributed by atoms with Crippen molar-refractivity contribution in [3.8, 4) is 5.69 Å². The molecule has 0 aliphatic carbocycles. The number of ether oxygens (including phenoxy) is 1. The molecule has 0 unspecified atom stereocenters. The molecule has 0 amide bonds. The Kier molecular flexibility index (Phi) is 4.53. The smallest absolute Gasteiger partial charge is 0.334 e. The van der Waals surface area contributed by atoms with Gasteiger partial charge in [0.25, 0.3) is 0 Å². The van der Waals surface area contributed by atoms with E-state index in [9.17, 15) is 14.0 Å². The molecule has 0 N–H and O–H groups in total. The van der Waals surface area contributed by atoms with Gasteiger partial charge >= 0.3 is 11.7 Å². The van der Waals surface area contributed by atoms with Crippen LogP contribution < -0.4 is 5.69 Å². The van der Waals surface area contributed by atoms with Gasteiger partial charge in [-0.15, -0.1) is 0 Å². The molecule has 0 bridgehead atoms. The van der Waals surface area contributed by atoms with Crippen LogP contribution in [0.1, 0.15) is 6.92 Å². The van der Waals surface area contributed by atoms with Crippen LogP contribution in [0.5, 0.6) is 0 Å². The van der Waals surface area contributed by atoms with Gasteiger partial charge < -0.3 is 4.74 Å². The lowest BCUT2D eigenvalue weighted by atomic mass is 10.2. The van der Waals surface area contributed by atoms with Crippen molar-refractivity contribution in [2.24, 2.45) is 0 Å². The molecule has 0 fully saturated rings. The van der Waals surface area contributed by atoms with E-state index in [0.29, 0.717) is 11.2 Å².